The van der Waals surface area contributed by atoms with Gasteiger partial charge in [0.2, 0.25) is 0 Å². The molecule has 0 spiro atoms. The quantitative estimate of drug-likeness (QED) is 0.716. The van der Waals surface area contributed by atoms with Gasteiger partial charge < -0.3 is 18.7 Å². The summed E-state index contributed by atoms with van der Waals surface area (Å²) in [5.74, 6) is 0. The second-order valence-corrected chi connectivity index (χ2v) is 19.5. The highest BCUT2D eigenvalue weighted by atomic mass is 28.4. The second-order valence-electron chi connectivity index (χ2n) is 9.92. The van der Waals surface area contributed by atoms with Gasteiger partial charge in [-0.2, -0.15) is 0 Å². The van der Waals surface area contributed by atoms with Crippen molar-refractivity contribution in [3.63, 3.8) is 0 Å². The van der Waals surface area contributed by atoms with E-state index in [4.69, 9.17) is 13.6 Å². The SMILES string of the molecule is CC(C)(C)[Si](C)(C)OC[C@H]1OC(O)[C@H](F)[C@@H]1O[Si](C)(C)C(C)(C)C. The topological polar surface area (TPSA) is 47.9 Å². The van der Waals surface area contributed by atoms with E-state index in [1.165, 1.54) is 0 Å². The number of hydrogen-bond acceptors (Lipinski definition) is 4. The predicted molar refractivity (Wildman–Crippen MR) is 101 cm³/mol. The van der Waals surface area contributed by atoms with Crippen LogP contribution in [0.4, 0.5) is 4.39 Å². The molecule has 0 aromatic rings. The molecule has 4 nitrogen and oxygen atoms in total. The zero-order chi connectivity index (χ0) is 19.1. The summed E-state index contributed by atoms with van der Waals surface area (Å²) in [6.07, 6.45) is -4.32. The Kier molecular flexibility index (Phi) is 6.56. The fourth-order valence-electron chi connectivity index (χ4n) is 2.00. The van der Waals surface area contributed by atoms with Crippen molar-refractivity contribution in [2.45, 2.75) is 102 Å². The molecular formula is C17H37FO4Si2. The molecule has 0 radical (unpaired) electrons. The van der Waals surface area contributed by atoms with Crippen LogP contribution in [-0.2, 0) is 13.6 Å². The van der Waals surface area contributed by atoms with Gasteiger partial charge in [-0.25, -0.2) is 4.39 Å². The van der Waals surface area contributed by atoms with Crippen LogP contribution in [0.2, 0.25) is 36.3 Å². The summed E-state index contributed by atoms with van der Waals surface area (Å²) in [5.41, 5.74) is 0. The van der Waals surface area contributed by atoms with Crippen molar-refractivity contribution in [1.29, 1.82) is 0 Å². The lowest BCUT2D eigenvalue weighted by molar-refractivity contribution is -0.119. The third kappa shape index (κ3) is 4.89. The van der Waals surface area contributed by atoms with Crippen molar-refractivity contribution in [3.05, 3.63) is 0 Å². The number of rotatable bonds is 5. The zero-order valence-electron chi connectivity index (χ0n) is 17.1. The van der Waals surface area contributed by atoms with E-state index in [1.54, 1.807) is 0 Å². The van der Waals surface area contributed by atoms with Crippen LogP contribution in [-0.4, -0.2) is 53.0 Å². The first-order valence-electron chi connectivity index (χ1n) is 8.79. The first-order chi connectivity index (χ1) is 10.5. The molecule has 24 heavy (non-hydrogen) atoms. The third-order valence-electron chi connectivity index (χ3n) is 5.92. The standard InChI is InChI=1S/C17H37FO4Si2/c1-16(2,3)23(7,8)20-11-12-14(13(18)15(19)21-12)22-24(9,10)17(4,5)6/h12-15,19H,11H2,1-10H3/t12-,13-,14-,15?/m1/s1. The Balaban J connectivity index is 2.86. The monoisotopic (exact) mass is 380 g/mol. The second kappa shape index (κ2) is 7.08. The number of ether oxygens (including phenoxy) is 1. The lowest BCUT2D eigenvalue weighted by Gasteiger charge is -2.40. The fraction of sp³-hybridized carbons (Fsp3) is 1.00. The van der Waals surface area contributed by atoms with E-state index in [9.17, 15) is 9.50 Å². The van der Waals surface area contributed by atoms with E-state index in [-0.39, 0.29) is 16.7 Å². The van der Waals surface area contributed by atoms with E-state index in [2.05, 4.69) is 67.7 Å². The molecule has 7 heteroatoms. The molecule has 144 valence electrons. The van der Waals surface area contributed by atoms with Gasteiger partial charge in [0, 0.05) is 0 Å². The summed E-state index contributed by atoms with van der Waals surface area (Å²) < 4.78 is 32.3. The maximum atomic E-state index is 14.5. The minimum atomic E-state index is -2.17. The minimum absolute atomic E-state index is 0.0366. The van der Waals surface area contributed by atoms with Gasteiger partial charge in [0.25, 0.3) is 0 Å². The summed E-state index contributed by atoms with van der Waals surface area (Å²) >= 11 is 0. The Hall–Kier alpha value is 0.204. The van der Waals surface area contributed by atoms with Crippen molar-refractivity contribution in [2.75, 3.05) is 6.61 Å². The molecule has 1 N–H and O–H groups in total. The Morgan fingerprint density at radius 1 is 0.958 bits per heavy atom. The maximum Gasteiger partial charge on any atom is 0.192 e. The molecule has 1 unspecified atom stereocenters. The van der Waals surface area contributed by atoms with E-state index in [1.807, 2.05) is 0 Å². The average Bonchev–Trinajstić information content (AvgIpc) is 2.61. The van der Waals surface area contributed by atoms with Gasteiger partial charge in [-0.15, -0.1) is 0 Å². The van der Waals surface area contributed by atoms with Crippen LogP contribution < -0.4 is 0 Å². The summed E-state index contributed by atoms with van der Waals surface area (Å²) in [4.78, 5) is 0. The maximum absolute atomic E-state index is 14.5. The molecule has 1 rings (SSSR count). The van der Waals surface area contributed by atoms with Crippen LogP contribution in [0, 0.1) is 0 Å². The van der Waals surface area contributed by atoms with E-state index in [0.29, 0.717) is 0 Å². The summed E-state index contributed by atoms with van der Waals surface area (Å²) in [6.45, 7) is 21.5. The zero-order valence-corrected chi connectivity index (χ0v) is 19.1. The van der Waals surface area contributed by atoms with Crippen LogP contribution in [0.25, 0.3) is 0 Å². The molecule has 1 fully saturated rings. The van der Waals surface area contributed by atoms with Crippen LogP contribution in [0.1, 0.15) is 41.5 Å². The van der Waals surface area contributed by atoms with Gasteiger partial charge in [0.15, 0.2) is 29.1 Å². The number of hydrogen-bond donors (Lipinski definition) is 1. The van der Waals surface area contributed by atoms with Gasteiger partial charge in [-0.1, -0.05) is 41.5 Å². The average molecular weight is 381 g/mol. The Morgan fingerprint density at radius 3 is 1.83 bits per heavy atom. The van der Waals surface area contributed by atoms with Crippen molar-refractivity contribution < 1.29 is 23.1 Å². The Morgan fingerprint density at radius 2 is 1.42 bits per heavy atom. The van der Waals surface area contributed by atoms with Crippen molar-refractivity contribution in [1.82, 2.24) is 0 Å². The van der Waals surface area contributed by atoms with Crippen LogP contribution in [0.15, 0.2) is 0 Å². The number of alkyl halides is 1. The minimum Gasteiger partial charge on any atom is -0.414 e. The van der Waals surface area contributed by atoms with Gasteiger partial charge in [0.1, 0.15) is 12.2 Å². The van der Waals surface area contributed by atoms with E-state index >= 15 is 0 Å². The largest absolute Gasteiger partial charge is 0.414 e. The van der Waals surface area contributed by atoms with Crippen molar-refractivity contribution in [2.24, 2.45) is 0 Å². The molecule has 0 aromatic heterocycles. The number of aliphatic hydroxyl groups excluding tert-OH is 1. The van der Waals surface area contributed by atoms with Crippen molar-refractivity contribution >= 4 is 16.6 Å². The predicted octanol–water partition coefficient (Wildman–Crippen LogP) is 4.45. The van der Waals surface area contributed by atoms with Gasteiger partial charge in [-0.3, -0.25) is 0 Å². The highest BCUT2D eigenvalue weighted by molar-refractivity contribution is 6.74. The summed E-state index contributed by atoms with van der Waals surface area (Å²) in [6, 6.07) is 0. The molecule has 1 aliphatic heterocycles. The highest BCUT2D eigenvalue weighted by Gasteiger charge is 2.51. The van der Waals surface area contributed by atoms with Crippen molar-refractivity contribution in [3.8, 4) is 0 Å². The van der Waals surface area contributed by atoms with Gasteiger partial charge >= 0.3 is 0 Å². The lowest BCUT2D eigenvalue weighted by Crippen LogP contribution is -2.50. The van der Waals surface area contributed by atoms with Crippen LogP contribution in [0.3, 0.4) is 0 Å². The lowest BCUT2D eigenvalue weighted by atomic mass is 10.2. The molecule has 1 heterocycles. The summed E-state index contributed by atoms with van der Waals surface area (Å²) in [7, 11) is -4.14. The molecule has 0 saturated carbocycles. The molecule has 0 bridgehead atoms. The van der Waals surface area contributed by atoms with Gasteiger partial charge in [-0.05, 0) is 36.3 Å². The third-order valence-corrected chi connectivity index (χ3v) is 14.9. The number of aliphatic hydroxyl groups is 1. The fourth-order valence-corrected chi connectivity index (χ4v) is 4.33. The summed E-state index contributed by atoms with van der Waals surface area (Å²) in [5, 5.41) is 9.85. The van der Waals surface area contributed by atoms with Crippen LogP contribution in [0.5, 0.6) is 0 Å². The van der Waals surface area contributed by atoms with E-state index < -0.39 is 41.3 Å². The molecule has 1 aliphatic rings. The molecular weight excluding hydrogens is 343 g/mol. The molecule has 1 saturated heterocycles. The van der Waals surface area contributed by atoms with Gasteiger partial charge in [0.05, 0.1) is 6.61 Å². The normalized spacial score (nSPS) is 30.0. The first-order valence-corrected chi connectivity index (χ1v) is 14.6. The molecule has 4 atom stereocenters. The smallest absolute Gasteiger partial charge is 0.192 e. The molecule has 0 aromatic carbocycles. The Bertz CT molecular complexity index is 429. The van der Waals surface area contributed by atoms with E-state index in [0.717, 1.165) is 0 Å². The highest BCUT2D eigenvalue weighted by Crippen LogP contribution is 2.41. The molecule has 0 amide bonds. The number of halogens is 1. The first kappa shape index (κ1) is 22.2. The Labute approximate surface area is 149 Å². The molecule has 0 aliphatic carbocycles. The van der Waals surface area contributed by atoms with Crippen LogP contribution >= 0.6 is 0 Å².